The molecule has 0 aromatic heterocycles. The smallest absolute Gasteiger partial charge is 0.308 e. The molecule has 4 unspecified atom stereocenters. The van der Waals surface area contributed by atoms with Crippen LogP contribution in [0.5, 0.6) is 5.75 Å². The number of rotatable bonds is 4. The zero-order chi connectivity index (χ0) is 15.7. The van der Waals surface area contributed by atoms with Gasteiger partial charge >= 0.3 is 5.97 Å². The minimum Gasteiger partial charge on any atom is -0.489 e. The zero-order valence-electron chi connectivity index (χ0n) is 12.7. The predicted molar refractivity (Wildman–Crippen MR) is 78.7 cm³/mol. The van der Waals surface area contributed by atoms with Crippen molar-refractivity contribution in [1.82, 2.24) is 5.32 Å². The quantitative estimate of drug-likeness (QED) is 0.893. The number of amides is 1. The van der Waals surface area contributed by atoms with Crippen molar-refractivity contribution in [3.63, 3.8) is 0 Å². The molecular formula is C16H21NO4. The van der Waals surface area contributed by atoms with Gasteiger partial charge in [-0.15, -0.1) is 0 Å². The number of carboxylic acids is 1. The molecule has 2 rings (SSSR count). The fraction of sp³-hybridized carbons (Fsp3) is 0.500. The number of ether oxygens (including phenoxy) is 1. The third-order valence-corrected chi connectivity index (χ3v) is 4.29. The van der Waals surface area contributed by atoms with Gasteiger partial charge in [-0.1, -0.05) is 19.1 Å². The van der Waals surface area contributed by atoms with Crippen LogP contribution in [-0.4, -0.2) is 29.1 Å². The number of benzene rings is 1. The normalized spacial score (nSPS) is 22.9. The van der Waals surface area contributed by atoms with Crippen LogP contribution in [0.1, 0.15) is 49.5 Å². The Bertz CT molecular complexity index is 569. The van der Waals surface area contributed by atoms with Crippen molar-refractivity contribution in [2.45, 2.75) is 45.8 Å². The largest absolute Gasteiger partial charge is 0.489 e. The molecule has 1 aromatic carbocycles. The van der Waals surface area contributed by atoms with Crippen molar-refractivity contribution in [2.75, 3.05) is 0 Å². The zero-order valence-corrected chi connectivity index (χ0v) is 12.7. The molecule has 1 aromatic rings. The molecule has 0 bridgehead atoms. The summed E-state index contributed by atoms with van der Waals surface area (Å²) >= 11 is 0. The van der Waals surface area contributed by atoms with E-state index >= 15 is 0 Å². The maximum Gasteiger partial charge on any atom is 0.308 e. The fourth-order valence-corrected chi connectivity index (χ4v) is 2.39. The van der Waals surface area contributed by atoms with Gasteiger partial charge in [0.2, 0.25) is 0 Å². The number of nitrogens with one attached hydrogen (secondary N) is 1. The first-order chi connectivity index (χ1) is 9.82. The highest BCUT2D eigenvalue weighted by Crippen LogP contribution is 2.40. The predicted octanol–water partition coefficient (Wildman–Crippen LogP) is 2.41. The lowest BCUT2D eigenvalue weighted by molar-refractivity contribution is -0.141. The molecule has 1 aliphatic heterocycles. The van der Waals surface area contributed by atoms with Crippen LogP contribution in [0.3, 0.4) is 0 Å². The van der Waals surface area contributed by atoms with E-state index in [2.05, 4.69) is 12.2 Å². The van der Waals surface area contributed by atoms with Gasteiger partial charge in [-0.2, -0.15) is 0 Å². The van der Waals surface area contributed by atoms with Crippen molar-refractivity contribution in [3.05, 3.63) is 29.3 Å². The van der Waals surface area contributed by atoms with Crippen LogP contribution in [-0.2, 0) is 4.79 Å². The number of carbonyl (C=O) groups excluding carboxylic acids is 1. The fourth-order valence-electron chi connectivity index (χ4n) is 2.39. The van der Waals surface area contributed by atoms with Crippen LogP contribution in [0.25, 0.3) is 0 Å². The summed E-state index contributed by atoms with van der Waals surface area (Å²) in [6.45, 7) is 7.30. The van der Waals surface area contributed by atoms with Gasteiger partial charge in [0, 0.05) is 17.5 Å². The molecule has 0 radical (unpaired) electrons. The Balaban J connectivity index is 2.21. The van der Waals surface area contributed by atoms with Crippen molar-refractivity contribution < 1.29 is 19.4 Å². The molecule has 21 heavy (non-hydrogen) atoms. The van der Waals surface area contributed by atoms with Crippen LogP contribution in [0, 0.1) is 5.92 Å². The third kappa shape index (κ3) is 2.86. The van der Waals surface area contributed by atoms with E-state index in [9.17, 15) is 9.59 Å². The number of fused-ring (bicyclic) bond motifs is 1. The van der Waals surface area contributed by atoms with E-state index in [1.807, 2.05) is 19.1 Å². The van der Waals surface area contributed by atoms with E-state index in [1.165, 1.54) is 0 Å². The standard InChI is InChI=1S/C16H21NO4/c1-8(16(19)20)10(3)17-15(18)13-7-5-6-12-9(2)11(4)21-14(12)13/h5-11H,1-4H3,(H,17,18)(H,19,20). The molecule has 1 heterocycles. The summed E-state index contributed by atoms with van der Waals surface area (Å²) in [5.74, 6) is -1.02. The van der Waals surface area contributed by atoms with Crippen LogP contribution in [0.4, 0.5) is 0 Å². The van der Waals surface area contributed by atoms with Gasteiger partial charge in [0.15, 0.2) is 0 Å². The summed E-state index contributed by atoms with van der Waals surface area (Å²) < 4.78 is 5.78. The molecule has 0 spiro atoms. The number of carboxylic acid groups (broad SMARTS) is 1. The molecule has 0 aliphatic carbocycles. The van der Waals surface area contributed by atoms with Crippen LogP contribution >= 0.6 is 0 Å². The van der Waals surface area contributed by atoms with Crippen molar-refractivity contribution >= 4 is 11.9 Å². The Hall–Kier alpha value is -2.04. The Kier molecular flexibility index (Phi) is 4.21. The minimum atomic E-state index is -0.931. The third-order valence-electron chi connectivity index (χ3n) is 4.29. The summed E-state index contributed by atoms with van der Waals surface area (Å²) in [6.07, 6.45) is 0.0318. The minimum absolute atomic E-state index is 0.0318. The summed E-state index contributed by atoms with van der Waals surface area (Å²) in [7, 11) is 0. The monoisotopic (exact) mass is 291 g/mol. The molecule has 5 heteroatoms. The molecule has 2 N–H and O–H groups in total. The number of para-hydroxylation sites is 1. The van der Waals surface area contributed by atoms with Gasteiger partial charge in [-0.05, 0) is 26.8 Å². The highest BCUT2D eigenvalue weighted by Gasteiger charge is 2.31. The van der Waals surface area contributed by atoms with Gasteiger partial charge in [-0.25, -0.2) is 0 Å². The number of aliphatic carboxylic acids is 1. The highest BCUT2D eigenvalue weighted by atomic mass is 16.5. The van der Waals surface area contributed by atoms with Gasteiger partial charge in [-0.3, -0.25) is 9.59 Å². The molecule has 4 atom stereocenters. The van der Waals surface area contributed by atoms with Gasteiger partial charge in [0.25, 0.3) is 5.91 Å². The van der Waals surface area contributed by atoms with E-state index in [-0.39, 0.29) is 17.9 Å². The van der Waals surface area contributed by atoms with Gasteiger partial charge in [0.05, 0.1) is 11.5 Å². The van der Waals surface area contributed by atoms with E-state index in [1.54, 1.807) is 19.9 Å². The lowest BCUT2D eigenvalue weighted by Crippen LogP contribution is -2.40. The Morgan fingerprint density at radius 2 is 1.95 bits per heavy atom. The Labute approximate surface area is 124 Å². The number of carbonyl (C=O) groups is 2. The Morgan fingerprint density at radius 3 is 2.57 bits per heavy atom. The number of hydrogen-bond acceptors (Lipinski definition) is 3. The average molecular weight is 291 g/mol. The first kappa shape index (κ1) is 15.4. The molecular weight excluding hydrogens is 270 g/mol. The van der Waals surface area contributed by atoms with Crippen LogP contribution in [0.15, 0.2) is 18.2 Å². The summed E-state index contributed by atoms with van der Waals surface area (Å²) in [4.78, 5) is 23.3. The average Bonchev–Trinajstić information content (AvgIpc) is 2.73. The maximum absolute atomic E-state index is 12.4. The molecule has 1 aliphatic rings. The van der Waals surface area contributed by atoms with E-state index < -0.39 is 17.9 Å². The molecule has 0 saturated carbocycles. The van der Waals surface area contributed by atoms with E-state index in [0.717, 1.165) is 5.56 Å². The maximum atomic E-state index is 12.4. The SMILES string of the molecule is CC(NC(=O)c1cccc2c1OC(C)C2C)C(C)C(=O)O. The molecule has 5 nitrogen and oxygen atoms in total. The first-order valence-electron chi connectivity index (χ1n) is 7.16. The second kappa shape index (κ2) is 5.76. The topological polar surface area (TPSA) is 75.6 Å². The van der Waals surface area contributed by atoms with Crippen LogP contribution in [0.2, 0.25) is 0 Å². The first-order valence-corrected chi connectivity index (χ1v) is 7.16. The summed E-state index contributed by atoms with van der Waals surface area (Å²) in [5, 5.41) is 11.7. The summed E-state index contributed by atoms with van der Waals surface area (Å²) in [5.41, 5.74) is 1.49. The van der Waals surface area contributed by atoms with Gasteiger partial charge in [0.1, 0.15) is 11.9 Å². The Morgan fingerprint density at radius 1 is 1.29 bits per heavy atom. The van der Waals surface area contributed by atoms with Crippen molar-refractivity contribution in [2.24, 2.45) is 5.92 Å². The molecule has 0 fully saturated rings. The van der Waals surface area contributed by atoms with E-state index in [0.29, 0.717) is 11.3 Å². The van der Waals surface area contributed by atoms with E-state index in [4.69, 9.17) is 9.84 Å². The molecule has 114 valence electrons. The van der Waals surface area contributed by atoms with Crippen LogP contribution < -0.4 is 10.1 Å². The lowest BCUT2D eigenvalue weighted by atomic mass is 9.96. The molecule has 0 saturated heterocycles. The molecule has 1 amide bonds. The van der Waals surface area contributed by atoms with Crippen molar-refractivity contribution in [3.8, 4) is 5.75 Å². The second-order valence-corrected chi connectivity index (χ2v) is 5.72. The van der Waals surface area contributed by atoms with Gasteiger partial charge < -0.3 is 15.2 Å². The summed E-state index contributed by atoms with van der Waals surface area (Å²) in [6, 6.07) is 5.04. The number of hydrogen-bond donors (Lipinski definition) is 2. The lowest BCUT2D eigenvalue weighted by Gasteiger charge is -2.18. The second-order valence-electron chi connectivity index (χ2n) is 5.72. The van der Waals surface area contributed by atoms with Crippen molar-refractivity contribution in [1.29, 1.82) is 0 Å². The highest BCUT2D eigenvalue weighted by molar-refractivity contribution is 5.98.